The highest BCUT2D eigenvalue weighted by Gasteiger charge is 2.12. The Morgan fingerprint density at radius 3 is 1.38 bits per heavy atom. The van der Waals surface area contributed by atoms with Crippen molar-refractivity contribution in [2.45, 2.75) is 104 Å². The van der Waals surface area contributed by atoms with Gasteiger partial charge < -0.3 is 33.9 Å². The van der Waals surface area contributed by atoms with Gasteiger partial charge in [0.15, 0.2) is 5.78 Å². The van der Waals surface area contributed by atoms with Gasteiger partial charge in [0.25, 0.3) is 0 Å². The molecule has 0 spiro atoms. The number of ketones is 1. The van der Waals surface area contributed by atoms with Crippen LogP contribution in [0.25, 0.3) is 0 Å². The molecule has 1 aromatic carbocycles. The monoisotopic (exact) mass is 704 g/mol. The zero-order chi connectivity index (χ0) is 37.3. The summed E-state index contributed by atoms with van der Waals surface area (Å²) in [6, 6.07) is 7.16. The van der Waals surface area contributed by atoms with E-state index in [0.29, 0.717) is 32.1 Å². The van der Waals surface area contributed by atoms with E-state index in [0.717, 1.165) is 35.4 Å². The number of hydrogen-bond acceptors (Lipinski definition) is 13. The number of ether oxygens (including phenoxy) is 5. The van der Waals surface area contributed by atoms with Crippen molar-refractivity contribution < 1.29 is 62.7 Å². The first kappa shape index (κ1) is 43.7. The Kier molecular flexibility index (Phi) is 22.3. The van der Waals surface area contributed by atoms with Crippen LogP contribution in [-0.2, 0) is 65.7 Å². The van der Waals surface area contributed by atoms with Crippen LogP contribution in [0.3, 0.4) is 0 Å². The van der Waals surface area contributed by atoms with Crippen molar-refractivity contribution in [1.82, 2.24) is 0 Å². The topological polar surface area (TPSA) is 189 Å². The lowest BCUT2D eigenvalue weighted by Crippen LogP contribution is -2.14. The van der Waals surface area contributed by atoms with Crippen LogP contribution in [0.15, 0.2) is 48.6 Å². The minimum absolute atomic E-state index is 0.0880. The minimum Gasteiger partial charge on any atom is -0.463 e. The number of carbonyl (C=O) groups excluding carboxylic acids is 6. The van der Waals surface area contributed by atoms with Gasteiger partial charge in [-0.05, 0) is 75.0 Å². The van der Waals surface area contributed by atoms with Gasteiger partial charge in [-0.3, -0.25) is 14.4 Å². The predicted molar refractivity (Wildman–Crippen MR) is 181 cm³/mol. The minimum atomic E-state index is -0.799. The lowest BCUT2D eigenvalue weighted by Gasteiger charge is -2.12. The zero-order valence-electron chi connectivity index (χ0n) is 29.5. The molecule has 0 amide bonds. The Labute approximate surface area is 293 Å². The average Bonchev–Trinajstić information content (AvgIpc) is 3.08. The summed E-state index contributed by atoms with van der Waals surface area (Å²) in [7, 11) is 0. The third-order valence-corrected chi connectivity index (χ3v) is 7.25. The first-order valence-corrected chi connectivity index (χ1v) is 16.9. The second kappa shape index (κ2) is 25.6. The van der Waals surface area contributed by atoms with Crippen molar-refractivity contribution in [2.24, 2.45) is 11.8 Å². The lowest BCUT2D eigenvalue weighted by molar-refractivity contribution is -0.146. The highest BCUT2D eigenvalue weighted by molar-refractivity contribution is 5.95. The molecule has 13 nitrogen and oxygen atoms in total. The van der Waals surface area contributed by atoms with E-state index in [1.54, 1.807) is 31.2 Å². The molecule has 0 aliphatic heterocycles. The quantitative estimate of drug-likeness (QED) is 0.0836. The first-order valence-electron chi connectivity index (χ1n) is 16.9. The van der Waals surface area contributed by atoms with Crippen LogP contribution in [-0.4, -0.2) is 77.9 Å². The third-order valence-electron chi connectivity index (χ3n) is 7.25. The summed E-state index contributed by atoms with van der Waals surface area (Å²) in [5, 5.41) is 18.3. The number of carbonyl (C=O) groups is 6. The largest absolute Gasteiger partial charge is 0.463 e. The van der Waals surface area contributed by atoms with Gasteiger partial charge in [-0.1, -0.05) is 38.1 Å². The molecule has 278 valence electrons. The van der Waals surface area contributed by atoms with Gasteiger partial charge in [0, 0.05) is 37.5 Å². The maximum absolute atomic E-state index is 12.2. The molecule has 0 aliphatic carbocycles. The Hall–Kier alpha value is -4.36. The number of rotatable bonds is 25. The van der Waals surface area contributed by atoms with Crippen LogP contribution in [0.4, 0.5) is 0 Å². The molecule has 0 bridgehead atoms. The molecule has 0 radical (unpaired) electrons. The molecule has 0 fully saturated rings. The fourth-order valence-electron chi connectivity index (χ4n) is 4.02. The van der Waals surface area contributed by atoms with Crippen LogP contribution in [0.2, 0.25) is 0 Å². The fraction of sp³-hybridized carbons (Fsp3) is 0.568. The molecule has 0 saturated heterocycles. The van der Waals surface area contributed by atoms with Crippen LogP contribution in [0, 0.1) is 11.8 Å². The normalized spacial score (nSPS) is 13.6. The zero-order valence-corrected chi connectivity index (χ0v) is 29.5. The van der Waals surface area contributed by atoms with E-state index >= 15 is 0 Å². The number of allylic oxidation sites excluding steroid dienone is 1. The van der Waals surface area contributed by atoms with E-state index in [4.69, 9.17) is 28.8 Å². The molecule has 4 unspecified atom stereocenters. The summed E-state index contributed by atoms with van der Waals surface area (Å²) >= 11 is 0. The number of hydrogen-bond donors (Lipinski definition) is 2. The molecule has 50 heavy (non-hydrogen) atoms. The molecular formula is C37H52O13. The molecule has 0 saturated carbocycles. The molecule has 0 heterocycles. The predicted octanol–water partition coefficient (Wildman–Crippen LogP) is 4.24. The second-order valence-electron chi connectivity index (χ2n) is 12.3. The van der Waals surface area contributed by atoms with Gasteiger partial charge in [0.1, 0.15) is 19.8 Å². The van der Waals surface area contributed by atoms with E-state index in [2.05, 4.69) is 0 Å². The van der Waals surface area contributed by atoms with E-state index in [9.17, 15) is 33.9 Å². The highest BCUT2D eigenvalue weighted by Crippen LogP contribution is 2.14. The van der Waals surface area contributed by atoms with Crippen molar-refractivity contribution in [3.63, 3.8) is 0 Å². The molecule has 1 aromatic rings. The molecule has 13 heteroatoms. The standard InChI is InChI=1S/C37H52O13/c1-26(19-21-46-33(41)16-13-32(40)12-7-28(3)38)5-14-35(43)49-24-30-8-10-31(11-9-30)25-50-36(44)15-6-27(2)20-22-47-34(42)17-18-37(45)48-23-29(4)39/h8-11,13,16-18,26-29,38-39H,5-7,12,14-15,19-25H2,1-4H3/b16-13-,18-17-. The Balaban J connectivity index is 2.19. The number of esters is 5. The van der Waals surface area contributed by atoms with Crippen molar-refractivity contribution >= 4 is 35.6 Å². The Morgan fingerprint density at radius 1 is 0.540 bits per heavy atom. The van der Waals surface area contributed by atoms with E-state index in [1.165, 1.54) is 6.92 Å². The SMILES string of the molecule is CC(O)CCC(=O)/C=C\C(=O)OCCC(C)CCC(=O)OCc1ccc(COC(=O)CCC(C)CCOC(=O)/C=C\C(=O)OCC(C)O)cc1. The van der Waals surface area contributed by atoms with Crippen LogP contribution in [0.5, 0.6) is 0 Å². The molecule has 0 aliphatic rings. The molecular weight excluding hydrogens is 652 g/mol. The van der Waals surface area contributed by atoms with E-state index in [1.807, 2.05) is 13.8 Å². The van der Waals surface area contributed by atoms with Crippen molar-refractivity contribution in [3.8, 4) is 0 Å². The van der Waals surface area contributed by atoms with Crippen molar-refractivity contribution in [1.29, 1.82) is 0 Å². The molecule has 0 aromatic heterocycles. The first-order chi connectivity index (χ1) is 23.7. The average molecular weight is 705 g/mol. The summed E-state index contributed by atoms with van der Waals surface area (Å²) in [6.45, 7) is 7.24. The summed E-state index contributed by atoms with van der Waals surface area (Å²) in [5.41, 5.74) is 1.57. The Morgan fingerprint density at radius 2 is 0.960 bits per heavy atom. The molecule has 4 atom stereocenters. The van der Waals surface area contributed by atoms with Gasteiger partial charge in [-0.25, -0.2) is 14.4 Å². The number of aliphatic hydroxyl groups excluding tert-OH is 2. The molecule has 1 rings (SSSR count). The summed E-state index contributed by atoms with van der Waals surface area (Å²) in [6.07, 6.45) is 5.83. The van der Waals surface area contributed by atoms with Crippen LogP contribution < -0.4 is 0 Å². The lowest BCUT2D eigenvalue weighted by atomic mass is 10.0. The van der Waals surface area contributed by atoms with Crippen molar-refractivity contribution in [3.05, 3.63) is 59.7 Å². The summed E-state index contributed by atoms with van der Waals surface area (Å²) in [4.78, 5) is 70.9. The second-order valence-corrected chi connectivity index (χ2v) is 12.3. The third kappa shape index (κ3) is 23.9. The van der Waals surface area contributed by atoms with Gasteiger partial charge in [-0.2, -0.15) is 0 Å². The van der Waals surface area contributed by atoms with Crippen molar-refractivity contribution in [2.75, 3.05) is 19.8 Å². The maximum atomic E-state index is 12.2. The number of aliphatic hydroxyl groups is 2. The maximum Gasteiger partial charge on any atom is 0.331 e. The Bertz CT molecular complexity index is 1170. The fourth-order valence-corrected chi connectivity index (χ4v) is 4.02. The van der Waals surface area contributed by atoms with Gasteiger partial charge in [0.2, 0.25) is 0 Å². The van der Waals surface area contributed by atoms with Crippen LogP contribution in [0.1, 0.15) is 90.2 Å². The van der Waals surface area contributed by atoms with Gasteiger partial charge in [0.05, 0.1) is 25.4 Å². The van der Waals surface area contributed by atoms with Gasteiger partial charge in [-0.15, -0.1) is 0 Å². The molecule has 2 N–H and O–H groups in total. The van der Waals surface area contributed by atoms with E-state index < -0.39 is 30.1 Å². The van der Waals surface area contributed by atoms with Gasteiger partial charge >= 0.3 is 29.8 Å². The van der Waals surface area contributed by atoms with E-state index in [-0.39, 0.29) is 81.9 Å². The summed E-state index contributed by atoms with van der Waals surface area (Å²) < 4.78 is 25.6. The smallest absolute Gasteiger partial charge is 0.331 e. The highest BCUT2D eigenvalue weighted by atomic mass is 16.6. The van der Waals surface area contributed by atoms with Crippen LogP contribution >= 0.6 is 0 Å². The number of benzene rings is 1. The summed E-state index contributed by atoms with van der Waals surface area (Å²) in [5.74, 6) is -2.83.